The number of nitrogens with two attached hydrogens (primary N) is 1. The molecule has 94 valence electrons. The number of rotatable bonds is 5. The van der Waals surface area contributed by atoms with E-state index in [0.717, 1.165) is 22.1 Å². The maximum Gasteiger partial charge on any atom is 0.220 e. The lowest BCUT2D eigenvalue weighted by Gasteiger charge is -2.40. The van der Waals surface area contributed by atoms with Gasteiger partial charge in [0, 0.05) is 11.3 Å². The summed E-state index contributed by atoms with van der Waals surface area (Å²) in [5, 5.41) is 2.93. The molecule has 5 heteroatoms. The summed E-state index contributed by atoms with van der Waals surface area (Å²) in [7, 11) is 0. The molecule has 0 saturated heterocycles. The van der Waals surface area contributed by atoms with Gasteiger partial charge in [-0.25, -0.2) is 0 Å². The first-order chi connectivity index (χ1) is 8.13. The third kappa shape index (κ3) is 3.21. The van der Waals surface area contributed by atoms with Crippen LogP contribution >= 0.6 is 22.9 Å². The highest BCUT2D eigenvalue weighted by molar-refractivity contribution is 7.16. The Hall–Kier alpha value is -0.580. The van der Waals surface area contributed by atoms with Crippen LogP contribution in [-0.4, -0.2) is 12.5 Å². The average Bonchev–Trinajstić information content (AvgIpc) is 2.67. The molecule has 1 heterocycles. The van der Waals surface area contributed by atoms with E-state index in [1.54, 1.807) is 0 Å². The zero-order valence-corrected chi connectivity index (χ0v) is 11.2. The highest BCUT2D eigenvalue weighted by Gasteiger charge is 2.37. The molecular weight excluding hydrogens is 256 g/mol. The summed E-state index contributed by atoms with van der Waals surface area (Å²) in [6, 6.07) is 3.79. The monoisotopic (exact) mass is 272 g/mol. The molecule has 1 aliphatic rings. The minimum absolute atomic E-state index is 0.0805. The highest BCUT2D eigenvalue weighted by Crippen LogP contribution is 2.42. The van der Waals surface area contributed by atoms with Gasteiger partial charge in [0.05, 0.1) is 10.9 Å². The largest absolute Gasteiger partial charge is 0.351 e. The average molecular weight is 273 g/mol. The Morgan fingerprint density at radius 3 is 2.76 bits per heavy atom. The first-order valence-electron chi connectivity index (χ1n) is 5.85. The molecule has 1 saturated carbocycles. The standard InChI is InChI=1S/C12H17ClN2OS/c13-10-3-2-9(17-10)7-15-11(16)6-12(8-14)4-1-5-12/h2-3H,1,4-8,14H2,(H,15,16). The van der Waals surface area contributed by atoms with Crippen molar-refractivity contribution in [1.29, 1.82) is 0 Å². The lowest BCUT2D eigenvalue weighted by Crippen LogP contribution is -2.41. The lowest BCUT2D eigenvalue weighted by atomic mass is 9.66. The van der Waals surface area contributed by atoms with Crippen LogP contribution in [0.1, 0.15) is 30.6 Å². The van der Waals surface area contributed by atoms with Crippen molar-refractivity contribution in [2.45, 2.75) is 32.2 Å². The number of nitrogens with one attached hydrogen (secondary N) is 1. The maximum atomic E-state index is 11.8. The van der Waals surface area contributed by atoms with Crippen LogP contribution in [0.2, 0.25) is 4.34 Å². The van der Waals surface area contributed by atoms with Crippen molar-refractivity contribution in [3.05, 3.63) is 21.3 Å². The molecule has 0 atom stereocenters. The van der Waals surface area contributed by atoms with Crippen molar-refractivity contribution >= 4 is 28.8 Å². The summed E-state index contributed by atoms with van der Waals surface area (Å²) in [4.78, 5) is 12.9. The zero-order valence-electron chi connectivity index (χ0n) is 9.67. The fraction of sp³-hybridized carbons (Fsp3) is 0.583. The van der Waals surface area contributed by atoms with Crippen molar-refractivity contribution in [2.75, 3.05) is 6.54 Å². The molecule has 1 aromatic rings. The fourth-order valence-corrected chi connectivity index (χ4v) is 3.19. The molecule has 1 aliphatic carbocycles. The van der Waals surface area contributed by atoms with E-state index in [-0.39, 0.29) is 11.3 Å². The quantitative estimate of drug-likeness (QED) is 0.865. The van der Waals surface area contributed by atoms with Crippen LogP contribution in [0.25, 0.3) is 0 Å². The molecule has 0 spiro atoms. The van der Waals surface area contributed by atoms with Crippen molar-refractivity contribution in [3.63, 3.8) is 0 Å². The Bertz CT molecular complexity index is 395. The van der Waals surface area contributed by atoms with E-state index in [0.29, 0.717) is 19.5 Å². The van der Waals surface area contributed by atoms with Gasteiger partial charge in [0.2, 0.25) is 5.91 Å². The third-order valence-corrected chi connectivity index (χ3v) is 4.70. The summed E-state index contributed by atoms with van der Waals surface area (Å²) < 4.78 is 0.756. The zero-order chi connectivity index (χ0) is 12.3. The van der Waals surface area contributed by atoms with E-state index in [1.165, 1.54) is 17.8 Å². The van der Waals surface area contributed by atoms with Gasteiger partial charge >= 0.3 is 0 Å². The predicted molar refractivity (Wildman–Crippen MR) is 71.1 cm³/mol. The molecule has 1 aromatic heterocycles. The van der Waals surface area contributed by atoms with Gasteiger partial charge in [-0.1, -0.05) is 18.0 Å². The van der Waals surface area contributed by atoms with Crippen molar-refractivity contribution < 1.29 is 4.79 Å². The molecule has 0 bridgehead atoms. The van der Waals surface area contributed by atoms with Crippen LogP contribution in [0, 0.1) is 5.41 Å². The Kier molecular flexibility index (Phi) is 4.07. The van der Waals surface area contributed by atoms with Gasteiger partial charge in [0.1, 0.15) is 0 Å². The Morgan fingerprint density at radius 1 is 1.53 bits per heavy atom. The van der Waals surface area contributed by atoms with Gasteiger partial charge in [0.15, 0.2) is 0 Å². The van der Waals surface area contributed by atoms with Crippen molar-refractivity contribution in [2.24, 2.45) is 11.1 Å². The Labute approximate surface area is 110 Å². The second-order valence-corrected chi connectivity index (χ2v) is 6.52. The normalized spacial score (nSPS) is 17.5. The van der Waals surface area contributed by atoms with Gasteiger partial charge in [-0.2, -0.15) is 0 Å². The van der Waals surface area contributed by atoms with Crippen LogP contribution in [0.5, 0.6) is 0 Å². The van der Waals surface area contributed by atoms with Gasteiger partial charge in [-0.05, 0) is 36.9 Å². The van der Waals surface area contributed by atoms with Crippen LogP contribution in [0.4, 0.5) is 0 Å². The van der Waals surface area contributed by atoms with E-state index < -0.39 is 0 Å². The molecule has 0 radical (unpaired) electrons. The maximum absolute atomic E-state index is 11.8. The van der Waals surface area contributed by atoms with E-state index in [1.807, 2.05) is 12.1 Å². The number of halogens is 1. The Balaban J connectivity index is 1.77. The molecule has 17 heavy (non-hydrogen) atoms. The highest BCUT2D eigenvalue weighted by atomic mass is 35.5. The number of carbonyl (C=O) groups excluding carboxylic acids is 1. The smallest absolute Gasteiger partial charge is 0.220 e. The lowest BCUT2D eigenvalue weighted by molar-refractivity contribution is -0.124. The molecule has 3 nitrogen and oxygen atoms in total. The second-order valence-electron chi connectivity index (χ2n) is 4.72. The summed E-state index contributed by atoms with van der Waals surface area (Å²) in [5.41, 5.74) is 5.81. The molecular formula is C12H17ClN2OS. The number of carbonyl (C=O) groups is 1. The minimum Gasteiger partial charge on any atom is -0.351 e. The van der Waals surface area contributed by atoms with Crippen molar-refractivity contribution in [3.8, 4) is 0 Å². The fourth-order valence-electron chi connectivity index (χ4n) is 2.17. The minimum atomic E-state index is 0.0805. The van der Waals surface area contributed by atoms with Gasteiger partial charge in [-0.3, -0.25) is 4.79 Å². The molecule has 1 fully saturated rings. The molecule has 3 N–H and O–H groups in total. The van der Waals surface area contributed by atoms with Gasteiger partial charge < -0.3 is 11.1 Å². The predicted octanol–water partition coefficient (Wildman–Crippen LogP) is 2.54. The summed E-state index contributed by atoms with van der Waals surface area (Å²) in [5.74, 6) is 0.0969. The van der Waals surface area contributed by atoms with Gasteiger partial charge in [-0.15, -0.1) is 11.3 Å². The first-order valence-corrected chi connectivity index (χ1v) is 7.04. The molecule has 2 rings (SSSR count). The number of amides is 1. The van der Waals surface area contributed by atoms with Crippen LogP contribution in [-0.2, 0) is 11.3 Å². The second kappa shape index (κ2) is 5.38. The summed E-state index contributed by atoms with van der Waals surface area (Å²) in [6.45, 7) is 1.18. The molecule has 0 unspecified atom stereocenters. The number of hydrogen-bond donors (Lipinski definition) is 2. The number of hydrogen-bond acceptors (Lipinski definition) is 3. The summed E-state index contributed by atoms with van der Waals surface area (Å²) >= 11 is 7.32. The summed E-state index contributed by atoms with van der Waals surface area (Å²) in [6.07, 6.45) is 3.93. The SMILES string of the molecule is NCC1(CC(=O)NCc2ccc(Cl)s2)CCC1. The Morgan fingerprint density at radius 2 is 2.29 bits per heavy atom. The van der Waals surface area contributed by atoms with E-state index in [2.05, 4.69) is 5.32 Å². The van der Waals surface area contributed by atoms with E-state index in [4.69, 9.17) is 17.3 Å². The molecule has 0 aliphatic heterocycles. The number of thiophene rings is 1. The van der Waals surface area contributed by atoms with Crippen LogP contribution < -0.4 is 11.1 Å². The van der Waals surface area contributed by atoms with Crippen molar-refractivity contribution in [1.82, 2.24) is 5.32 Å². The van der Waals surface area contributed by atoms with Crippen LogP contribution in [0.15, 0.2) is 12.1 Å². The van der Waals surface area contributed by atoms with Crippen LogP contribution in [0.3, 0.4) is 0 Å². The molecule has 1 amide bonds. The van der Waals surface area contributed by atoms with E-state index >= 15 is 0 Å². The first kappa shape index (κ1) is 12.9. The topological polar surface area (TPSA) is 55.1 Å². The van der Waals surface area contributed by atoms with E-state index in [9.17, 15) is 4.79 Å². The third-order valence-electron chi connectivity index (χ3n) is 3.47. The molecule has 0 aromatic carbocycles. The van der Waals surface area contributed by atoms with Gasteiger partial charge in [0.25, 0.3) is 0 Å².